The molecule has 2 fully saturated rings. The van der Waals surface area contributed by atoms with Gasteiger partial charge in [0.05, 0.1) is 17.6 Å². The Morgan fingerprint density at radius 2 is 1.87 bits per heavy atom. The summed E-state index contributed by atoms with van der Waals surface area (Å²) in [6, 6.07) is 3.79. The van der Waals surface area contributed by atoms with Crippen LogP contribution in [0, 0.1) is 5.92 Å². The SMILES string of the molecule is O=C(N1CCC(c2cc[nH]c3cnc4nccc4c23)CC1)N1CCCC(C(F)(F)F)C1. The number of halogens is 3. The summed E-state index contributed by atoms with van der Waals surface area (Å²) >= 11 is 0. The zero-order valence-corrected chi connectivity index (χ0v) is 17.0. The number of aromatic amines is 1. The van der Waals surface area contributed by atoms with Crippen molar-refractivity contribution in [3.05, 3.63) is 36.3 Å². The van der Waals surface area contributed by atoms with Gasteiger partial charge in [0.2, 0.25) is 0 Å². The highest BCUT2D eigenvalue weighted by Gasteiger charge is 2.43. The summed E-state index contributed by atoms with van der Waals surface area (Å²) in [6.07, 6.45) is 3.27. The van der Waals surface area contributed by atoms with E-state index in [0.29, 0.717) is 31.7 Å². The van der Waals surface area contributed by atoms with Crippen molar-refractivity contribution < 1.29 is 18.0 Å². The van der Waals surface area contributed by atoms with Gasteiger partial charge in [-0.05, 0) is 49.3 Å². The Labute approximate surface area is 177 Å². The smallest absolute Gasteiger partial charge is 0.360 e. The third-order valence-electron chi connectivity index (χ3n) is 6.68. The number of hydrogen-bond donors (Lipinski definition) is 1. The van der Waals surface area contributed by atoms with Gasteiger partial charge in [-0.15, -0.1) is 0 Å². The number of piperidine rings is 2. The fourth-order valence-electron chi connectivity index (χ4n) is 5.02. The lowest BCUT2D eigenvalue weighted by Gasteiger charge is -2.39. The molecule has 3 aromatic rings. The minimum atomic E-state index is -4.24. The maximum absolute atomic E-state index is 13.1. The Morgan fingerprint density at radius 3 is 2.65 bits per heavy atom. The first-order chi connectivity index (χ1) is 14.9. The number of rotatable bonds is 1. The van der Waals surface area contributed by atoms with Gasteiger partial charge in [0, 0.05) is 49.3 Å². The number of H-pyrrole nitrogens is 1. The summed E-state index contributed by atoms with van der Waals surface area (Å²) in [6.45, 7) is 1.27. The summed E-state index contributed by atoms with van der Waals surface area (Å²) in [4.78, 5) is 27.9. The Hall–Kier alpha value is -2.84. The predicted molar refractivity (Wildman–Crippen MR) is 111 cm³/mol. The van der Waals surface area contributed by atoms with Gasteiger partial charge in [-0.2, -0.15) is 13.2 Å². The van der Waals surface area contributed by atoms with Gasteiger partial charge in [-0.25, -0.2) is 14.8 Å². The van der Waals surface area contributed by atoms with Crippen LogP contribution in [0.2, 0.25) is 0 Å². The van der Waals surface area contributed by atoms with Crippen LogP contribution in [0.4, 0.5) is 18.0 Å². The van der Waals surface area contributed by atoms with Crippen LogP contribution < -0.4 is 0 Å². The highest BCUT2D eigenvalue weighted by Crippen LogP contribution is 2.37. The molecule has 2 aliphatic rings. The van der Waals surface area contributed by atoms with Crippen molar-refractivity contribution in [2.24, 2.45) is 5.92 Å². The van der Waals surface area contributed by atoms with E-state index in [-0.39, 0.29) is 24.9 Å². The number of hydrogen-bond acceptors (Lipinski definition) is 3. The molecular formula is C22H24F3N5O. The van der Waals surface area contributed by atoms with E-state index in [4.69, 9.17) is 0 Å². The molecule has 2 aliphatic heterocycles. The highest BCUT2D eigenvalue weighted by molar-refractivity contribution is 6.05. The molecule has 3 aromatic heterocycles. The van der Waals surface area contributed by atoms with Crippen LogP contribution in [0.25, 0.3) is 21.9 Å². The first-order valence-electron chi connectivity index (χ1n) is 10.7. The third-order valence-corrected chi connectivity index (χ3v) is 6.68. The van der Waals surface area contributed by atoms with Crippen LogP contribution in [-0.2, 0) is 0 Å². The highest BCUT2D eigenvalue weighted by atomic mass is 19.4. The number of aromatic nitrogens is 3. The van der Waals surface area contributed by atoms with Gasteiger partial charge in [0.1, 0.15) is 0 Å². The Kier molecular flexibility index (Phi) is 4.98. The maximum atomic E-state index is 13.1. The van der Waals surface area contributed by atoms with Crippen LogP contribution in [0.3, 0.4) is 0 Å². The molecule has 0 aliphatic carbocycles. The molecule has 164 valence electrons. The number of pyridine rings is 2. The van der Waals surface area contributed by atoms with Crippen molar-refractivity contribution in [3.63, 3.8) is 0 Å². The molecule has 5 rings (SSSR count). The number of likely N-dealkylation sites (tertiary alicyclic amines) is 2. The number of urea groups is 1. The van der Waals surface area contributed by atoms with Crippen molar-refractivity contribution in [2.45, 2.75) is 37.8 Å². The Morgan fingerprint density at radius 1 is 1.06 bits per heavy atom. The molecule has 0 radical (unpaired) electrons. The average Bonchev–Trinajstić information content (AvgIpc) is 3.27. The molecule has 2 saturated heterocycles. The number of fused-ring (bicyclic) bond motifs is 3. The summed E-state index contributed by atoms with van der Waals surface area (Å²) in [5, 5.41) is 2.12. The largest absolute Gasteiger partial charge is 0.393 e. The monoisotopic (exact) mass is 431 g/mol. The van der Waals surface area contributed by atoms with E-state index in [0.717, 1.165) is 29.1 Å². The van der Waals surface area contributed by atoms with Crippen LogP contribution in [0.15, 0.2) is 30.7 Å². The van der Waals surface area contributed by atoms with E-state index in [9.17, 15) is 18.0 Å². The summed E-state index contributed by atoms with van der Waals surface area (Å²) in [7, 11) is 0. The number of alkyl halides is 3. The van der Waals surface area contributed by atoms with E-state index in [1.807, 2.05) is 12.3 Å². The molecule has 9 heteroatoms. The summed E-state index contributed by atoms with van der Waals surface area (Å²) in [5.41, 5.74) is 2.87. The molecule has 2 amide bonds. The van der Waals surface area contributed by atoms with E-state index in [1.165, 1.54) is 10.5 Å². The molecule has 1 atom stereocenters. The first-order valence-corrected chi connectivity index (χ1v) is 10.7. The van der Waals surface area contributed by atoms with Gasteiger partial charge >= 0.3 is 12.2 Å². The molecule has 0 aromatic carbocycles. The molecule has 6 nitrogen and oxygen atoms in total. The first kappa shape index (κ1) is 20.1. The topological polar surface area (TPSA) is 65.1 Å². The molecule has 1 unspecified atom stereocenters. The van der Waals surface area contributed by atoms with Gasteiger partial charge in [0.15, 0.2) is 5.65 Å². The second-order valence-corrected chi connectivity index (χ2v) is 8.53. The van der Waals surface area contributed by atoms with E-state index in [1.54, 1.807) is 17.3 Å². The number of carbonyl (C=O) groups excluding carboxylic acids is 1. The molecule has 1 N–H and O–H groups in total. The fraction of sp³-hybridized carbons (Fsp3) is 0.500. The van der Waals surface area contributed by atoms with Crippen molar-refractivity contribution in [1.29, 1.82) is 0 Å². The second kappa shape index (κ2) is 7.69. The molecule has 0 saturated carbocycles. The quantitative estimate of drug-likeness (QED) is 0.608. The fourth-order valence-corrected chi connectivity index (χ4v) is 5.02. The van der Waals surface area contributed by atoms with Crippen molar-refractivity contribution in [1.82, 2.24) is 24.8 Å². The second-order valence-electron chi connectivity index (χ2n) is 8.53. The minimum absolute atomic E-state index is 0.105. The van der Waals surface area contributed by atoms with E-state index < -0.39 is 12.1 Å². The van der Waals surface area contributed by atoms with E-state index in [2.05, 4.69) is 21.0 Å². The van der Waals surface area contributed by atoms with Gasteiger partial charge in [-0.1, -0.05) is 0 Å². The number of carbonyl (C=O) groups is 1. The summed E-state index contributed by atoms with van der Waals surface area (Å²) in [5.74, 6) is -1.14. The molecule has 0 bridgehead atoms. The number of nitrogens with one attached hydrogen (secondary N) is 1. The van der Waals surface area contributed by atoms with Gasteiger partial charge < -0.3 is 14.8 Å². The van der Waals surface area contributed by atoms with E-state index >= 15 is 0 Å². The predicted octanol–water partition coefficient (Wildman–Crippen LogP) is 4.68. The van der Waals surface area contributed by atoms with Crippen LogP contribution in [-0.4, -0.2) is 63.1 Å². The number of amides is 2. The number of nitrogens with zero attached hydrogens (tertiary/aromatic N) is 4. The molecular weight excluding hydrogens is 407 g/mol. The Bertz CT molecular complexity index is 1100. The summed E-state index contributed by atoms with van der Waals surface area (Å²) < 4.78 is 39.3. The molecule has 5 heterocycles. The molecule has 31 heavy (non-hydrogen) atoms. The van der Waals surface area contributed by atoms with Crippen molar-refractivity contribution in [3.8, 4) is 0 Å². The zero-order valence-electron chi connectivity index (χ0n) is 17.0. The van der Waals surface area contributed by atoms with Gasteiger partial charge in [0.25, 0.3) is 0 Å². The van der Waals surface area contributed by atoms with Crippen LogP contribution in [0.5, 0.6) is 0 Å². The lowest BCUT2D eigenvalue weighted by molar-refractivity contribution is -0.184. The van der Waals surface area contributed by atoms with Crippen LogP contribution in [0.1, 0.15) is 37.2 Å². The van der Waals surface area contributed by atoms with Crippen molar-refractivity contribution in [2.75, 3.05) is 26.2 Å². The van der Waals surface area contributed by atoms with Crippen LogP contribution >= 0.6 is 0 Å². The van der Waals surface area contributed by atoms with Crippen molar-refractivity contribution >= 4 is 28.0 Å². The molecule has 0 spiro atoms. The standard InChI is InChI=1S/C22H24F3N5O/c23-22(24,25)15-2-1-9-30(13-15)21(31)29-10-5-14(6-11-29)16-3-7-26-18-12-28-20-17(19(16)18)4-8-27-20/h3-4,7-8,12,14-15,26H,1-2,5-6,9-11,13H2. The Balaban J connectivity index is 1.31. The third kappa shape index (κ3) is 3.70. The maximum Gasteiger partial charge on any atom is 0.393 e. The zero-order chi connectivity index (χ0) is 21.6. The lowest BCUT2D eigenvalue weighted by Crippen LogP contribution is -2.51. The lowest BCUT2D eigenvalue weighted by atomic mass is 9.87. The average molecular weight is 431 g/mol. The minimum Gasteiger partial charge on any atom is -0.360 e. The van der Waals surface area contributed by atoms with Gasteiger partial charge in [-0.3, -0.25) is 0 Å². The normalized spacial score (nSPS) is 21.2.